The van der Waals surface area contributed by atoms with Gasteiger partial charge in [-0.3, -0.25) is 0 Å². The third kappa shape index (κ3) is 2.63. The topological polar surface area (TPSA) is 39.1 Å². The summed E-state index contributed by atoms with van der Waals surface area (Å²) in [6.07, 6.45) is 6.34. The van der Waals surface area contributed by atoms with E-state index in [-0.39, 0.29) is 0 Å². The van der Waals surface area contributed by atoms with Gasteiger partial charge in [0.1, 0.15) is 6.07 Å². The van der Waals surface area contributed by atoms with E-state index in [1.165, 1.54) is 32.1 Å². The minimum Gasteiger partial charge on any atom is -0.367 e. The summed E-state index contributed by atoms with van der Waals surface area (Å²) in [5.74, 6) is 0. The summed E-state index contributed by atoms with van der Waals surface area (Å²) >= 11 is 6.19. The Hall–Kier alpha value is -1.24. The molecule has 1 N–H and O–H groups in total. The van der Waals surface area contributed by atoms with Gasteiger partial charge in [-0.1, -0.05) is 11.6 Å². The molecule has 2 fully saturated rings. The standard InChI is InChI=1S/C16H20ClN3/c17-14-10-13(7-6-12(14)11-18)20-9-2-1-5-16(20)15-4-3-8-19-15/h6-7,10,15-16,19H,1-5,8-9H2. The number of anilines is 1. The van der Waals surface area contributed by atoms with Crippen LogP contribution < -0.4 is 10.2 Å². The van der Waals surface area contributed by atoms with E-state index in [4.69, 9.17) is 16.9 Å². The number of hydrogen-bond acceptors (Lipinski definition) is 3. The maximum Gasteiger partial charge on any atom is 0.101 e. The first-order valence-corrected chi connectivity index (χ1v) is 7.87. The predicted octanol–water partition coefficient (Wildman–Crippen LogP) is 3.32. The molecule has 0 aromatic heterocycles. The Kier molecular flexibility index (Phi) is 4.14. The van der Waals surface area contributed by atoms with Crippen LogP contribution in [0.1, 0.15) is 37.7 Å². The summed E-state index contributed by atoms with van der Waals surface area (Å²) in [7, 11) is 0. The molecular formula is C16H20ClN3. The first-order valence-electron chi connectivity index (χ1n) is 7.49. The number of halogens is 1. The number of nitrogens with zero attached hydrogens (tertiary/aromatic N) is 2. The number of piperidine rings is 1. The van der Waals surface area contributed by atoms with Gasteiger partial charge < -0.3 is 10.2 Å². The van der Waals surface area contributed by atoms with E-state index in [9.17, 15) is 0 Å². The first-order chi connectivity index (χ1) is 9.79. The van der Waals surface area contributed by atoms with Crippen LogP contribution in [-0.4, -0.2) is 25.2 Å². The number of benzene rings is 1. The SMILES string of the molecule is N#Cc1ccc(N2CCCCC2C2CCCN2)cc1Cl. The zero-order valence-corrected chi connectivity index (χ0v) is 12.4. The normalized spacial score (nSPS) is 26.5. The predicted molar refractivity (Wildman–Crippen MR) is 82.2 cm³/mol. The molecule has 2 aliphatic rings. The van der Waals surface area contributed by atoms with Crippen LogP contribution in [0.4, 0.5) is 5.69 Å². The van der Waals surface area contributed by atoms with E-state index in [0.29, 0.717) is 22.7 Å². The molecule has 0 bridgehead atoms. The Bertz CT molecular complexity index is 517. The summed E-state index contributed by atoms with van der Waals surface area (Å²) in [5, 5.41) is 13.2. The van der Waals surface area contributed by atoms with Crippen molar-refractivity contribution >= 4 is 17.3 Å². The zero-order chi connectivity index (χ0) is 13.9. The monoisotopic (exact) mass is 289 g/mol. The van der Waals surface area contributed by atoms with E-state index in [1.807, 2.05) is 18.2 Å². The molecule has 3 rings (SSSR count). The van der Waals surface area contributed by atoms with Crippen molar-refractivity contribution in [1.29, 1.82) is 5.26 Å². The summed E-state index contributed by atoms with van der Waals surface area (Å²) < 4.78 is 0. The number of nitriles is 1. The molecule has 0 saturated carbocycles. The van der Waals surface area contributed by atoms with Gasteiger partial charge in [-0.05, 0) is 56.8 Å². The lowest BCUT2D eigenvalue weighted by Gasteiger charge is -2.41. The zero-order valence-electron chi connectivity index (χ0n) is 11.6. The van der Waals surface area contributed by atoms with Crippen LogP contribution in [0.5, 0.6) is 0 Å². The van der Waals surface area contributed by atoms with Crippen molar-refractivity contribution < 1.29 is 0 Å². The van der Waals surface area contributed by atoms with Gasteiger partial charge in [-0.25, -0.2) is 0 Å². The van der Waals surface area contributed by atoms with Gasteiger partial charge in [0.05, 0.1) is 10.6 Å². The number of rotatable bonds is 2. The fourth-order valence-electron chi connectivity index (χ4n) is 3.51. The molecule has 20 heavy (non-hydrogen) atoms. The van der Waals surface area contributed by atoms with Crippen molar-refractivity contribution in [3.63, 3.8) is 0 Å². The third-order valence-corrected chi connectivity index (χ3v) is 4.83. The second-order valence-electron chi connectivity index (χ2n) is 5.74. The molecule has 0 aliphatic carbocycles. The van der Waals surface area contributed by atoms with Gasteiger partial charge >= 0.3 is 0 Å². The van der Waals surface area contributed by atoms with Crippen molar-refractivity contribution in [1.82, 2.24) is 5.32 Å². The lowest BCUT2D eigenvalue weighted by molar-refractivity contribution is 0.378. The Morgan fingerprint density at radius 1 is 1.25 bits per heavy atom. The Morgan fingerprint density at radius 2 is 2.15 bits per heavy atom. The minimum absolute atomic E-state index is 0.558. The quantitative estimate of drug-likeness (QED) is 0.908. The van der Waals surface area contributed by atoms with Crippen LogP contribution in [-0.2, 0) is 0 Å². The van der Waals surface area contributed by atoms with Crippen LogP contribution >= 0.6 is 11.6 Å². The largest absolute Gasteiger partial charge is 0.367 e. The molecule has 1 aromatic rings. The third-order valence-electron chi connectivity index (χ3n) is 4.52. The van der Waals surface area contributed by atoms with Gasteiger partial charge in [0.15, 0.2) is 0 Å². The van der Waals surface area contributed by atoms with Gasteiger partial charge in [0.2, 0.25) is 0 Å². The van der Waals surface area contributed by atoms with E-state index < -0.39 is 0 Å². The highest BCUT2D eigenvalue weighted by molar-refractivity contribution is 6.32. The molecule has 2 heterocycles. The number of hydrogen-bond donors (Lipinski definition) is 1. The van der Waals surface area contributed by atoms with E-state index in [2.05, 4.69) is 16.3 Å². The van der Waals surface area contributed by atoms with Gasteiger partial charge in [-0.15, -0.1) is 0 Å². The Labute approximate surface area is 125 Å². The van der Waals surface area contributed by atoms with Crippen molar-refractivity contribution in [2.24, 2.45) is 0 Å². The summed E-state index contributed by atoms with van der Waals surface area (Å²) in [6, 6.07) is 9.13. The van der Waals surface area contributed by atoms with Crippen LogP contribution in [0, 0.1) is 11.3 Å². The minimum atomic E-state index is 0.558. The fraction of sp³-hybridized carbons (Fsp3) is 0.562. The summed E-state index contributed by atoms with van der Waals surface area (Å²) in [4.78, 5) is 2.49. The lowest BCUT2D eigenvalue weighted by Crippen LogP contribution is -2.50. The molecule has 4 heteroatoms. The van der Waals surface area contributed by atoms with Crippen LogP contribution in [0.3, 0.4) is 0 Å². The van der Waals surface area contributed by atoms with Gasteiger partial charge in [-0.2, -0.15) is 5.26 Å². The molecule has 2 aliphatic heterocycles. The maximum absolute atomic E-state index is 8.99. The molecule has 2 atom stereocenters. The van der Waals surface area contributed by atoms with Crippen LogP contribution in [0.25, 0.3) is 0 Å². The number of nitrogens with one attached hydrogen (secondary N) is 1. The van der Waals surface area contributed by atoms with Crippen molar-refractivity contribution in [3.05, 3.63) is 28.8 Å². The van der Waals surface area contributed by atoms with Crippen molar-refractivity contribution in [2.45, 2.75) is 44.2 Å². The molecule has 0 amide bonds. The first kappa shape index (κ1) is 13.7. The highest BCUT2D eigenvalue weighted by Gasteiger charge is 2.31. The Morgan fingerprint density at radius 3 is 2.85 bits per heavy atom. The molecule has 106 valence electrons. The van der Waals surface area contributed by atoms with E-state index >= 15 is 0 Å². The Balaban J connectivity index is 1.85. The van der Waals surface area contributed by atoms with Gasteiger partial charge in [0.25, 0.3) is 0 Å². The average molecular weight is 290 g/mol. The van der Waals surface area contributed by atoms with Crippen molar-refractivity contribution in [3.8, 4) is 6.07 Å². The smallest absolute Gasteiger partial charge is 0.101 e. The van der Waals surface area contributed by atoms with Crippen LogP contribution in [0.2, 0.25) is 5.02 Å². The molecule has 2 unspecified atom stereocenters. The molecule has 3 nitrogen and oxygen atoms in total. The molecular weight excluding hydrogens is 270 g/mol. The molecule has 0 radical (unpaired) electrons. The molecule has 0 spiro atoms. The second kappa shape index (κ2) is 6.03. The summed E-state index contributed by atoms with van der Waals surface area (Å²) in [5.41, 5.74) is 1.72. The second-order valence-corrected chi connectivity index (χ2v) is 6.14. The lowest BCUT2D eigenvalue weighted by atomic mass is 9.94. The van der Waals surface area contributed by atoms with Gasteiger partial charge in [0, 0.05) is 24.3 Å². The molecule has 1 aromatic carbocycles. The fourth-order valence-corrected chi connectivity index (χ4v) is 3.73. The van der Waals surface area contributed by atoms with E-state index in [1.54, 1.807) is 0 Å². The average Bonchev–Trinajstić information content (AvgIpc) is 3.01. The van der Waals surface area contributed by atoms with Crippen LogP contribution in [0.15, 0.2) is 18.2 Å². The summed E-state index contributed by atoms with van der Waals surface area (Å²) in [6.45, 7) is 2.23. The highest BCUT2D eigenvalue weighted by atomic mass is 35.5. The van der Waals surface area contributed by atoms with E-state index in [0.717, 1.165) is 18.8 Å². The maximum atomic E-state index is 8.99. The van der Waals surface area contributed by atoms with Crippen molar-refractivity contribution in [2.75, 3.05) is 18.0 Å². The molecule has 2 saturated heterocycles. The highest BCUT2D eigenvalue weighted by Crippen LogP contribution is 2.31.